The standard InChI is InChI=1S/C13H20N2O2S2/c1-10(2)3-4-15-12(16)11(19-13(15)18)9-14-5-7-17-8-6-14/h9-10H,3-8H2,1-2H3/b11-9+. The highest BCUT2D eigenvalue weighted by atomic mass is 32.2. The van der Waals surface area contributed by atoms with Crippen molar-refractivity contribution < 1.29 is 9.53 Å². The molecule has 2 saturated heterocycles. The molecule has 0 aromatic rings. The van der Waals surface area contributed by atoms with Crippen LogP contribution in [0.5, 0.6) is 0 Å². The number of carbonyl (C=O) groups is 1. The third-order valence-corrected chi connectivity index (χ3v) is 4.51. The zero-order valence-electron chi connectivity index (χ0n) is 11.4. The zero-order valence-corrected chi connectivity index (χ0v) is 13.1. The van der Waals surface area contributed by atoms with Gasteiger partial charge >= 0.3 is 0 Å². The summed E-state index contributed by atoms with van der Waals surface area (Å²) in [6, 6.07) is 0. The molecule has 4 nitrogen and oxygen atoms in total. The minimum Gasteiger partial charge on any atom is -0.378 e. The highest BCUT2D eigenvalue weighted by Crippen LogP contribution is 2.31. The predicted octanol–water partition coefficient (Wildman–Crippen LogP) is 2.07. The van der Waals surface area contributed by atoms with E-state index in [0.717, 1.165) is 44.2 Å². The average molecular weight is 300 g/mol. The van der Waals surface area contributed by atoms with Gasteiger partial charge in [0.05, 0.1) is 18.1 Å². The molecule has 0 atom stereocenters. The second kappa shape index (κ2) is 6.72. The first kappa shape index (κ1) is 14.8. The molecule has 0 spiro atoms. The molecule has 2 rings (SSSR count). The summed E-state index contributed by atoms with van der Waals surface area (Å²) in [6.45, 7) is 8.17. The SMILES string of the molecule is CC(C)CCN1C(=O)/C(=C\N2CCOCC2)SC1=S. The topological polar surface area (TPSA) is 32.8 Å². The molecule has 2 aliphatic heterocycles. The van der Waals surface area contributed by atoms with Crippen molar-refractivity contribution in [2.45, 2.75) is 20.3 Å². The number of nitrogens with zero attached hydrogens (tertiary/aromatic N) is 2. The van der Waals surface area contributed by atoms with Gasteiger partial charge in [-0.2, -0.15) is 0 Å². The number of ether oxygens (including phenoxy) is 1. The minimum absolute atomic E-state index is 0.0575. The quantitative estimate of drug-likeness (QED) is 0.586. The molecule has 0 saturated carbocycles. The molecule has 1 amide bonds. The number of thiocarbonyl (C=S) groups is 1. The smallest absolute Gasteiger partial charge is 0.267 e. The van der Waals surface area contributed by atoms with Gasteiger partial charge in [0.2, 0.25) is 0 Å². The van der Waals surface area contributed by atoms with Gasteiger partial charge < -0.3 is 9.64 Å². The fraction of sp³-hybridized carbons (Fsp3) is 0.692. The lowest BCUT2D eigenvalue weighted by Gasteiger charge is -2.25. The highest BCUT2D eigenvalue weighted by molar-refractivity contribution is 8.26. The molecule has 0 radical (unpaired) electrons. The van der Waals surface area contributed by atoms with Crippen molar-refractivity contribution in [3.8, 4) is 0 Å². The van der Waals surface area contributed by atoms with Crippen LogP contribution in [0.15, 0.2) is 11.1 Å². The van der Waals surface area contributed by atoms with E-state index in [1.54, 1.807) is 4.90 Å². The molecule has 0 bridgehead atoms. The third-order valence-electron chi connectivity index (χ3n) is 3.15. The lowest BCUT2D eigenvalue weighted by Crippen LogP contribution is -2.33. The Bertz CT molecular complexity index is 390. The summed E-state index contributed by atoms with van der Waals surface area (Å²) in [5.74, 6) is 0.634. The van der Waals surface area contributed by atoms with E-state index in [4.69, 9.17) is 17.0 Å². The van der Waals surface area contributed by atoms with Gasteiger partial charge in [0, 0.05) is 25.8 Å². The number of carbonyl (C=O) groups excluding carboxylic acids is 1. The average Bonchev–Trinajstić information content (AvgIpc) is 2.63. The molecule has 0 N–H and O–H groups in total. The minimum atomic E-state index is 0.0575. The largest absolute Gasteiger partial charge is 0.378 e. The van der Waals surface area contributed by atoms with Crippen LogP contribution in [0.2, 0.25) is 0 Å². The van der Waals surface area contributed by atoms with E-state index >= 15 is 0 Å². The van der Waals surface area contributed by atoms with Gasteiger partial charge in [-0.1, -0.05) is 37.8 Å². The number of morpholine rings is 1. The summed E-state index contributed by atoms with van der Waals surface area (Å²) in [4.78, 5) is 16.9. The Kier molecular flexibility index (Phi) is 5.24. The summed E-state index contributed by atoms with van der Waals surface area (Å²) in [5, 5.41) is 0. The fourth-order valence-corrected chi connectivity index (χ4v) is 3.26. The monoisotopic (exact) mass is 300 g/mol. The molecule has 2 aliphatic rings. The fourth-order valence-electron chi connectivity index (χ4n) is 1.94. The molecule has 2 fully saturated rings. The summed E-state index contributed by atoms with van der Waals surface area (Å²) < 4.78 is 5.98. The van der Waals surface area contributed by atoms with Crippen LogP contribution < -0.4 is 0 Å². The maximum absolute atomic E-state index is 12.3. The van der Waals surface area contributed by atoms with E-state index in [1.165, 1.54) is 11.8 Å². The van der Waals surface area contributed by atoms with Gasteiger partial charge in [0.15, 0.2) is 0 Å². The van der Waals surface area contributed by atoms with Gasteiger partial charge in [-0.3, -0.25) is 9.69 Å². The number of hydrogen-bond acceptors (Lipinski definition) is 5. The van der Waals surface area contributed by atoms with Crippen molar-refractivity contribution in [1.29, 1.82) is 0 Å². The lowest BCUT2D eigenvalue weighted by molar-refractivity contribution is -0.122. The van der Waals surface area contributed by atoms with Crippen molar-refractivity contribution >= 4 is 34.2 Å². The van der Waals surface area contributed by atoms with Gasteiger partial charge in [-0.25, -0.2) is 0 Å². The first-order chi connectivity index (χ1) is 9.08. The predicted molar refractivity (Wildman–Crippen MR) is 81.8 cm³/mol. The number of hydrogen-bond donors (Lipinski definition) is 0. The van der Waals surface area contributed by atoms with E-state index in [2.05, 4.69) is 18.7 Å². The van der Waals surface area contributed by atoms with Crippen LogP contribution in [0.3, 0.4) is 0 Å². The van der Waals surface area contributed by atoms with Crippen molar-refractivity contribution in [2.75, 3.05) is 32.8 Å². The van der Waals surface area contributed by atoms with Crippen LogP contribution in [0, 0.1) is 5.92 Å². The Balaban J connectivity index is 1.98. The van der Waals surface area contributed by atoms with Crippen molar-refractivity contribution in [1.82, 2.24) is 9.80 Å². The van der Waals surface area contributed by atoms with E-state index in [-0.39, 0.29) is 5.91 Å². The van der Waals surface area contributed by atoms with Gasteiger partial charge in [-0.15, -0.1) is 0 Å². The Morgan fingerprint density at radius 1 is 1.42 bits per heavy atom. The maximum Gasteiger partial charge on any atom is 0.267 e. The lowest BCUT2D eigenvalue weighted by atomic mass is 10.1. The van der Waals surface area contributed by atoms with E-state index < -0.39 is 0 Å². The molecule has 0 aromatic carbocycles. The Labute approximate surface area is 124 Å². The molecule has 2 heterocycles. The molecule has 19 heavy (non-hydrogen) atoms. The molecular formula is C13H20N2O2S2. The Morgan fingerprint density at radius 3 is 2.74 bits per heavy atom. The van der Waals surface area contributed by atoms with E-state index in [9.17, 15) is 4.79 Å². The Hall–Kier alpha value is -0.590. The van der Waals surface area contributed by atoms with Gasteiger partial charge in [-0.05, 0) is 12.3 Å². The summed E-state index contributed by atoms with van der Waals surface area (Å²) in [5.41, 5.74) is 0. The van der Waals surface area contributed by atoms with Gasteiger partial charge in [0.25, 0.3) is 5.91 Å². The van der Waals surface area contributed by atoms with Crippen LogP contribution >= 0.6 is 24.0 Å². The maximum atomic E-state index is 12.3. The number of thioether (sulfide) groups is 1. The van der Waals surface area contributed by atoms with E-state index in [0.29, 0.717) is 10.2 Å². The highest BCUT2D eigenvalue weighted by Gasteiger charge is 2.32. The van der Waals surface area contributed by atoms with Gasteiger partial charge in [0.1, 0.15) is 4.32 Å². The van der Waals surface area contributed by atoms with Crippen molar-refractivity contribution in [3.05, 3.63) is 11.1 Å². The van der Waals surface area contributed by atoms with Crippen molar-refractivity contribution in [2.24, 2.45) is 5.92 Å². The number of amides is 1. The number of rotatable bonds is 4. The van der Waals surface area contributed by atoms with Crippen LogP contribution in [0.1, 0.15) is 20.3 Å². The first-order valence-electron chi connectivity index (χ1n) is 6.65. The summed E-state index contributed by atoms with van der Waals surface area (Å²) in [6.07, 6.45) is 2.93. The third kappa shape index (κ3) is 3.94. The molecule has 0 aliphatic carbocycles. The first-order valence-corrected chi connectivity index (χ1v) is 7.87. The normalized spacial score (nSPS) is 23.0. The second-order valence-corrected chi connectivity index (χ2v) is 6.82. The Morgan fingerprint density at radius 2 is 2.11 bits per heavy atom. The molecule has 106 valence electrons. The molecule has 0 aromatic heterocycles. The van der Waals surface area contributed by atoms with Crippen LogP contribution in [-0.4, -0.2) is 52.9 Å². The summed E-state index contributed by atoms with van der Waals surface area (Å²) in [7, 11) is 0. The second-order valence-electron chi connectivity index (χ2n) is 5.15. The van der Waals surface area contributed by atoms with Crippen LogP contribution in [0.25, 0.3) is 0 Å². The van der Waals surface area contributed by atoms with Crippen LogP contribution in [-0.2, 0) is 9.53 Å². The summed E-state index contributed by atoms with van der Waals surface area (Å²) >= 11 is 6.71. The molecule has 0 unspecified atom stereocenters. The zero-order chi connectivity index (χ0) is 13.8. The molecule has 6 heteroatoms. The van der Waals surface area contributed by atoms with Crippen LogP contribution in [0.4, 0.5) is 0 Å². The van der Waals surface area contributed by atoms with E-state index in [1.807, 2.05) is 6.20 Å². The van der Waals surface area contributed by atoms with Crippen molar-refractivity contribution in [3.63, 3.8) is 0 Å². The molecular weight excluding hydrogens is 280 g/mol.